The van der Waals surface area contributed by atoms with E-state index in [9.17, 15) is 4.79 Å². The monoisotopic (exact) mass is 344 g/mol. The fourth-order valence-corrected chi connectivity index (χ4v) is 4.59. The molecule has 5 atom stereocenters. The van der Waals surface area contributed by atoms with Crippen molar-refractivity contribution >= 4 is 5.97 Å². The van der Waals surface area contributed by atoms with Crippen LogP contribution in [-0.2, 0) is 14.3 Å². The van der Waals surface area contributed by atoms with Gasteiger partial charge >= 0.3 is 5.97 Å². The molecule has 0 saturated carbocycles. The Balaban J connectivity index is 1.92. The van der Waals surface area contributed by atoms with Gasteiger partial charge in [0.1, 0.15) is 5.75 Å². The van der Waals surface area contributed by atoms with Gasteiger partial charge in [0.05, 0.1) is 26.4 Å². The van der Waals surface area contributed by atoms with Crippen LogP contribution in [0.25, 0.3) is 0 Å². The lowest BCUT2D eigenvalue weighted by Gasteiger charge is -2.55. The molecule has 3 rings (SSSR count). The molecule has 0 unspecified atom stereocenters. The van der Waals surface area contributed by atoms with Gasteiger partial charge < -0.3 is 14.2 Å². The Bertz CT molecular complexity index is 663. The summed E-state index contributed by atoms with van der Waals surface area (Å²) in [6.07, 6.45) is 2.36. The predicted octanol–water partition coefficient (Wildman–Crippen LogP) is 4.16. The normalized spacial score (nSPS) is 34.2. The van der Waals surface area contributed by atoms with E-state index in [0.29, 0.717) is 25.0 Å². The van der Waals surface area contributed by atoms with Crippen LogP contribution in [0.5, 0.6) is 5.75 Å². The van der Waals surface area contributed by atoms with Crippen LogP contribution >= 0.6 is 0 Å². The minimum atomic E-state index is -0.228. The molecule has 1 fully saturated rings. The number of allylic oxidation sites excluding steroid dienone is 1. The zero-order chi connectivity index (χ0) is 18.2. The fourth-order valence-electron chi connectivity index (χ4n) is 4.59. The second-order valence-electron chi connectivity index (χ2n) is 7.53. The highest BCUT2D eigenvalue weighted by Gasteiger charge is 2.54. The van der Waals surface area contributed by atoms with Gasteiger partial charge in [0.15, 0.2) is 0 Å². The van der Waals surface area contributed by atoms with Crippen molar-refractivity contribution in [3.05, 3.63) is 41.5 Å². The third-order valence-corrected chi connectivity index (χ3v) is 6.24. The number of hydrogen-bond acceptors (Lipinski definition) is 4. The van der Waals surface area contributed by atoms with Gasteiger partial charge in [-0.25, -0.2) is 0 Å². The van der Waals surface area contributed by atoms with Gasteiger partial charge in [-0.15, -0.1) is 0 Å². The average Bonchev–Trinajstić information content (AvgIpc) is 2.59. The van der Waals surface area contributed by atoms with E-state index >= 15 is 0 Å². The van der Waals surface area contributed by atoms with E-state index in [1.807, 2.05) is 12.1 Å². The maximum absolute atomic E-state index is 11.4. The van der Waals surface area contributed by atoms with Crippen LogP contribution in [0.15, 0.2) is 35.9 Å². The minimum Gasteiger partial charge on any atom is -0.497 e. The van der Waals surface area contributed by atoms with Crippen molar-refractivity contribution in [2.24, 2.45) is 23.2 Å². The largest absolute Gasteiger partial charge is 0.497 e. The minimum absolute atomic E-state index is 0.0232. The van der Waals surface area contributed by atoms with Crippen molar-refractivity contribution in [2.75, 3.05) is 20.3 Å². The number of ether oxygens (including phenoxy) is 3. The van der Waals surface area contributed by atoms with E-state index in [4.69, 9.17) is 14.2 Å². The first-order valence-electron chi connectivity index (χ1n) is 8.96. The zero-order valence-electron chi connectivity index (χ0n) is 15.7. The molecule has 2 aliphatic rings. The Kier molecular flexibility index (Phi) is 4.92. The molecule has 1 heterocycles. The Morgan fingerprint density at radius 3 is 2.56 bits per heavy atom. The molecule has 0 aromatic heterocycles. The number of benzene rings is 1. The van der Waals surface area contributed by atoms with Gasteiger partial charge in [0.2, 0.25) is 0 Å². The van der Waals surface area contributed by atoms with Crippen molar-refractivity contribution in [1.82, 2.24) is 0 Å². The first-order valence-corrected chi connectivity index (χ1v) is 8.96. The van der Waals surface area contributed by atoms with Crippen molar-refractivity contribution in [1.29, 1.82) is 0 Å². The molecule has 1 aliphatic heterocycles. The number of fused-ring (bicyclic) bond motifs is 2. The molecule has 4 heteroatoms. The topological polar surface area (TPSA) is 44.8 Å². The number of carbonyl (C=O) groups excluding carboxylic acids is 1. The molecule has 0 radical (unpaired) electrons. The standard InChI is InChI=1S/C21H28O4/c1-13-10-14(2)21(11-24-16(4)22)12-25-20(19(13)15(21)3)17-6-8-18(23-5)9-7-17/h6-10,14-15,19-20H,11-12H2,1-5H3/t14-,15+,19-,20-,21-/m0/s1. The molecule has 1 aromatic rings. The molecule has 1 aromatic carbocycles. The smallest absolute Gasteiger partial charge is 0.302 e. The highest BCUT2D eigenvalue weighted by Crippen LogP contribution is 2.56. The predicted molar refractivity (Wildman–Crippen MR) is 96.3 cm³/mol. The quantitative estimate of drug-likeness (QED) is 0.607. The van der Waals surface area contributed by atoms with Crippen molar-refractivity contribution in [3.8, 4) is 5.75 Å². The summed E-state index contributed by atoms with van der Waals surface area (Å²) in [5.74, 6) is 1.59. The number of carbonyl (C=O) groups is 1. The highest BCUT2D eigenvalue weighted by molar-refractivity contribution is 5.66. The van der Waals surface area contributed by atoms with Crippen LogP contribution in [0.2, 0.25) is 0 Å². The number of rotatable bonds is 4. The summed E-state index contributed by atoms with van der Waals surface area (Å²) in [6, 6.07) is 8.13. The van der Waals surface area contributed by atoms with Crippen LogP contribution < -0.4 is 4.74 Å². The third-order valence-electron chi connectivity index (χ3n) is 6.24. The Hall–Kier alpha value is -1.81. The van der Waals surface area contributed by atoms with Gasteiger partial charge in [-0.05, 0) is 36.5 Å². The van der Waals surface area contributed by atoms with E-state index in [1.54, 1.807) is 7.11 Å². The lowest BCUT2D eigenvalue weighted by atomic mass is 9.56. The third kappa shape index (κ3) is 3.08. The lowest BCUT2D eigenvalue weighted by molar-refractivity contribution is -0.180. The second-order valence-corrected chi connectivity index (χ2v) is 7.53. The number of hydrogen-bond donors (Lipinski definition) is 0. The SMILES string of the molecule is COc1ccc([C@@H]2OC[C@]3(COC(C)=O)[C@H](C)[C@@H]2C(C)=C[C@@H]3C)cc1. The van der Waals surface area contributed by atoms with Gasteiger partial charge in [0.25, 0.3) is 0 Å². The first kappa shape index (κ1) is 18.0. The summed E-state index contributed by atoms with van der Waals surface area (Å²) in [5, 5.41) is 0. The van der Waals surface area contributed by atoms with Crippen LogP contribution in [0.3, 0.4) is 0 Å². The van der Waals surface area contributed by atoms with Gasteiger partial charge in [-0.1, -0.05) is 37.6 Å². The van der Waals surface area contributed by atoms with E-state index in [1.165, 1.54) is 18.1 Å². The Morgan fingerprint density at radius 1 is 1.28 bits per heavy atom. The van der Waals surface area contributed by atoms with Crippen molar-refractivity contribution < 1.29 is 19.0 Å². The molecular weight excluding hydrogens is 316 g/mol. The van der Waals surface area contributed by atoms with E-state index in [-0.39, 0.29) is 23.4 Å². The van der Waals surface area contributed by atoms with Crippen LogP contribution in [0, 0.1) is 23.2 Å². The maximum atomic E-state index is 11.4. The fraction of sp³-hybridized carbons (Fsp3) is 0.571. The molecule has 136 valence electrons. The Morgan fingerprint density at radius 2 is 1.96 bits per heavy atom. The summed E-state index contributed by atoms with van der Waals surface area (Å²) in [7, 11) is 1.67. The van der Waals surface area contributed by atoms with Crippen molar-refractivity contribution in [2.45, 2.75) is 33.8 Å². The van der Waals surface area contributed by atoms with E-state index < -0.39 is 0 Å². The zero-order valence-corrected chi connectivity index (χ0v) is 15.7. The molecule has 0 spiro atoms. The number of methoxy groups -OCH3 is 1. The molecule has 25 heavy (non-hydrogen) atoms. The summed E-state index contributed by atoms with van der Waals surface area (Å²) in [4.78, 5) is 11.4. The highest BCUT2D eigenvalue weighted by atomic mass is 16.5. The molecule has 0 N–H and O–H groups in total. The summed E-state index contributed by atoms with van der Waals surface area (Å²) in [6.45, 7) is 9.16. The molecular formula is C21H28O4. The van der Waals surface area contributed by atoms with Gasteiger partial charge in [-0.3, -0.25) is 4.79 Å². The average molecular weight is 344 g/mol. The first-order chi connectivity index (χ1) is 11.9. The van der Waals surface area contributed by atoms with Crippen LogP contribution in [-0.4, -0.2) is 26.3 Å². The second kappa shape index (κ2) is 6.83. The number of esters is 1. The van der Waals surface area contributed by atoms with Gasteiger partial charge in [0, 0.05) is 18.3 Å². The summed E-state index contributed by atoms with van der Waals surface area (Å²) in [5.41, 5.74) is 2.37. The van der Waals surface area contributed by atoms with E-state index in [2.05, 4.69) is 39.0 Å². The van der Waals surface area contributed by atoms with Crippen LogP contribution in [0.1, 0.15) is 39.4 Å². The molecule has 2 bridgehead atoms. The van der Waals surface area contributed by atoms with Crippen LogP contribution in [0.4, 0.5) is 0 Å². The molecule has 1 saturated heterocycles. The molecule has 0 amide bonds. The van der Waals surface area contributed by atoms with Crippen molar-refractivity contribution in [3.63, 3.8) is 0 Å². The van der Waals surface area contributed by atoms with E-state index in [0.717, 1.165) is 5.75 Å². The molecule has 1 aliphatic carbocycles. The molecule has 4 nitrogen and oxygen atoms in total. The van der Waals surface area contributed by atoms with Gasteiger partial charge in [-0.2, -0.15) is 0 Å². The lowest BCUT2D eigenvalue weighted by Crippen LogP contribution is -2.54. The summed E-state index contributed by atoms with van der Waals surface area (Å²) < 4.78 is 17.1. The Labute approximate surface area is 150 Å². The summed E-state index contributed by atoms with van der Waals surface area (Å²) >= 11 is 0. The maximum Gasteiger partial charge on any atom is 0.302 e.